The Morgan fingerprint density at radius 3 is 2.46 bits per heavy atom. The number of halogens is 1. The van der Waals surface area contributed by atoms with Crippen molar-refractivity contribution in [1.29, 1.82) is 0 Å². The highest BCUT2D eigenvalue weighted by Gasteiger charge is 2.18. The van der Waals surface area contributed by atoms with Crippen LogP contribution >= 0.6 is 0 Å². The predicted octanol–water partition coefficient (Wildman–Crippen LogP) is 4.01. The first-order valence-electron chi connectivity index (χ1n) is 8.36. The summed E-state index contributed by atoms with van der Waals surface area (Å²) >= 11 is 0. The molecule has 3 rings (SSSR count). The van der Waals surface area contributed by atoms with Gasteiger partial charge >= 0.3 is 0 Å². The number of aryl methyl sites for hydroxylation is 1. The smallest absolute Gasteiger partial charge is 0.248 e. The topological polar surface area (TPSA) is 76.1 Å². The minimum Gasteiger partial charge on any atom is -0.323 e. The van der Waals surface area contributed by atoms with Crippen LogP contribution in [0.3, 0.4) is 0 Å². The van der Waals surface area contributed by atoms with Crippen LogP contribution in [0.4, 0.5) is 10.1 Å². The van der Waals surface area contributed by atoms with E-state index < -0.39 is 15.7 Å². The molecule has 0 aliphatic rings. The molecular weight excluding hydrogens is 379 g/mol. The van der Waals surface area contributed by atoms with E-state index in [2.05, 4.69) is 10.3 Å². The van der Waals surface area contributed by atoms with E-state index in [0.29, 0.717) is 11.3 Å². The highest BCUT2D eigenvalue weighted by atomic mass is 32.2. The van der Waals surface area contributed by atoms with Crippen LogP contribution in [0, 0.1) is 12.7 Å². The van der Waals surface area contributed by atoms with E-state index in [4.69, 9.17) is 0 Å². The molecule has 0 aliphatic carbocycles. The molecule has 1 heterocycles. The van der Waals surface area contributed by atoms with E-state index in [1.54, 1.807) is 31.5 Å². The van der Waals surface area contributed by atoms with Crippen molar-refractivity contribution in [2.45, 2.75) is 16.7 Å². The number of benzene rings is 2. The minimum atomic E-state index is -3.85. The fourth-order valence-electron chi connectivity index (χ4n) is 2.54. The Labute approximate surface area is 162 Å². The maximum Gasteiger partial charge on any atom is 0.248 e. The minimum absolute atomic E-state index is 0.0152. The summed E-state index contributed by atoms with van der Waals surface area (Å²) in [6.07, 6.45) is 6.24. The molecule has 0 saturated carbocycles. The van der Waals surface area contributed by atoms with Gasteiger partial charge < -0.3 is 5.32 Å². The molecule has 142 valence electrons. The summed E-state index contributed by atoms with van der Waals surface area (Å²) in [5.41, 5.74) is 1.74. The zero-order valence-electron chi connectivity index (χ0n) is 15.0. The van der Waals surface area contributed by atoms with E-state index in [1.807, 2.05) is 6.07 Å². The maximum atomic E-state index is 13.6. The molecule has 1 N–H and O–H groups in total. The lowest BCUT2D eigenvalue weighted by atomic mass is 10.2. The van der Waals surface area contributed by atoms with Gasteiger partial charge in [0.25, 0.3) is 0 Å². The van der Waals surface area contributed by atoms with Crippen molar-refractivity contribution >= 4 is 27.5 Å². The molecular formula is C21H17FN2O3S. The molecule has 0 saturated heterocycles. The monoisotopic (exact) mass is 396 g/mol. The predicted molar refractivity (Wildman–Crippen MR) is 105 cm³/mol. The summed E-state index contributed by atoms with van der Waals surface area (Å²) in [5.74, 6) is -0.969. The number of nitrogens with one attached hydrogen (secondary N) is 1. The van der Waals surface area contributed by atoms with Crippen molar-refractivity contribution in [3.05, 3.63) is 90.0 Å². The Kier molecular flexibility index (Phi) is 5.65. The fraction of sp³-hybridized carbons (Fsp3) is 0.0476. The molecule has 0 spiro atoms. The number of amides is 1. The molecule has 0 bridgehead atoms. The quantitative estimate of drug-likeness (QED) is 0.661. The molecule has 7 heteroatoms. The zero-order valence-corrected chi connectivity index (χ0v) is 15.8. The molecule has 0 unspecified atom stereocenters. The number of sulfone groups is 1. The highest BCUT2D eigenvalue weighted by Crippen LogP contribution is 2.24. The van der Waals surface area contributed by atoms with Gasteiger partial charge in [0.05, 0.1) is 9.79 Å². The van der Waals surface area contributed by atoms with Crippen molar-refractivity contribution < 1.29 is 17.6 Å². The molecule has 1 amide bonds. The van der Waals surface area contributed by atoms with Crippen LogP contribution in [-0.4, -0.2) is 19.3 Å². The number of anilines is 1. The van der Waals surface area contributed by atoms with E-state index in [9.17, 15) is 17.6 Å². The third-order valence-corrected chi connectivity index (χ3v) is 5.62. The van der Waals surface area contributed by atoms with Crippen LogP contribution in [0.2, 0.25) is 0 Å². The van der Waals surface area contributed by atoms with E-state index in [-0.39, 0.29) is 15.7 Å². The summed E-state index contributed by atoms with van der Waals surface area (Å²) in [7, 11) is -3.85. The Morgan fingerprint density at radius 1 is 1.07 bits per heavy atom. The van der Waals surface area contributed by atoms with Gasteiger partial charge in [0.2, 0.25) is 15.7 Å². The maximum absolute atomic E-state index is 13.6. The van der Waals surface area contributed by atoms with Crippen molar-refractivity contribution in [3.63, 3.8) is 0 Å². The van der Waals surface area contributed by atoms with Crippen LogP contribution in [0.15, 0.2) is 82.9 Å². The number of hydrogen-bond acceptors (Lipinski definition) is 4. The van der Waals surface area contributed by atoms with Gasteiger partial charge in [-0.15, -0.1) is 0 Å². The van der Waals surface area contributed by atoms with E-state index in [1.165, 1.54) is 42.5 Å². The molecule has 2 aromatic carbocycles. The summed E-state index contributed by atoms with van der Waals surface area (Å²) in [6, 6.07) is 12.9. The SMILES string of the molecule is Cc1cc(F)cc(S(=O)(=O)c2ccc(NC(=O)/C=C/c3cccnc3)cc2)c1. The summed E-state index contributed by atoms with van der Waals surface area (Å²) < 4.78 is 38.9. The molecule has 28 heavy (non-hydrogen) atoms. The van der Waals surface area contributed by atoms with Gasteiger partial charge in [-0.1, -0.05) is 6.07 Å². The molecule has 0 fully saturated rings. The second-order valence-corrected chi connectivity index (χ2v) is 8.05. The first-order chi connectivity index (χ1) is 13.3. The zero-order chi connectivity index (χ0) is 20.1. The molecule has 5 nitrogen and oxygen atoms in total. The number of rotatable bonds is 5. The number of hydrogen-bond donors (Lipinski definition) is 1. The van der Waals surface area contributed by atoms with Crippen molar-refractivity contribution in [1.82, 2.24) is 4.98 Å². The summed E-state index contributed by atoms with van der Waals surface area (Å²) in [4.78, 5) is 15.8. The van der Waals surface area contributed by atoms with Gasteiger partial charge in [-0.05, 0) is 72.7 Å². The standard InChI is InChI=1S/C21H17FN2O3S/c1-15-11-17(22)13-20(12-15)28(26,27)19-7-5-18(6-8-19)24-21(25)9-4-16-3-2-10-23-14-16/h2-14H,1H3,(H,24,25)/b9-4+. The van der Waals surface area contributed by atoms with Crippen molar-refractivity contribution in [2.24, 2.45) is 0 Å². The molecule has 1 aromatic heterocycles. The van der Waals surface area contributed by atoms with Gasteiger partial charge in [0.1, 0.15) is 5.82 Å². The first kappa shape index (κ1) is 19.4. The average molecular weight is 396 g/mol. The van der Waals surface area contributed by atoms with Crippen LogP contribution in [0.5, 0.6) is 0 Å². The van der Waals surface area contributed by atoms with Gasteiger partial charge in [-0.25, -0.2) is 12.8 Å². The molecule has 3 aromatic rings. The normalized spacial score (nSPS) is 11.5. The number of nitrogens with zero attached hydrogens (tertiary/aromatic N) is 1. The van der Waals surface area contributed by atoms with Gasteiger partial charge in [0, 0.05) is 24.2 Å². The van der Waals surface area contributed by atoms with Crippen LogP contribution in [0.25, 0.3) is 6.08 Å². The average Bonchev–Trinajstić information content (AvgIpc) is 2.67. The lowest BCUT2D eigenvalue weighted by Gasteiger charge is -2.08. The fourth-order valence-corrected chi connectivity index (χ4v) is 3.92. The van der Waals surface area contributed by atoms with E-state index >= 15 is 0 Å². The summed E-state index contributed by atoms with van der Waals surface area (Å²) in [6.45, 7) is 1.62. The summed E-state index contributed by atoms with van der Waals surface area (Å²) in [5, 5.41) is 2.65. The molecule has 0 radical (unpaired) electrons. The van der Waals surface area contributed by atoms with Gasteiger partial charge in [0.15, 0.2) is 0 Å². The van der Waals surface area contributed by atoms with Crippen molar-refractivity contribution in [2.75, 3.05) is 5.32 Å². The van der Waals surface area contributed by atoms with Gasteiger partial charge in [-0.2, -0.15) is 0 Å². The third kappa shape index (κ3) is 4.69. The van der Waals surface area contributed by atoms with Crippen molar-refractivity contribution in [3.8, 4) is 0 Å². The van der Waals surface area contributed by atoms with Crippen LogP contribution in [-0.2, 0) is 14.6 Å². The number of pyridine rings is 1. The second-order valence-electron chi connectivity index (χ2n) is 6.10. The number of aromatic nitrogens is 1. The largest absolute Gasteiger partial charge is 0.323 e. The third-order valence-electron chi connectivity index (χ3n) is 3.87. The molecule has 0 aliphatic heterocycles. The number of carbonyl (C=O) groups excluding carboxylic acids is 1. The lowest BCUT2D eigenvalue weighted by Crippen LogP contribution is -2.08. The second kappa shape index (κ2) is 8.14. The Morgan fingerprint density at radius 2 is 1.82 bits per heavy atom. The number of carbonyl (C=O) groups is 1. The first-order valence-corrected chi connectivity index (χ1v) is 9.84. The Bertz CT molecular complexity index is 1110. The van der Waals surface area contributed by atoms with E-state index in [0.717, 1.165) is 11.6 Å². The Hall–Kier alpha value is -3.32. The van der Waals surface area contributed by atoms with Crippen LogP contribution in [0.1, 0.15) is 11.1 Å². The highest BCUT2D eigenvalue weighted by molar-refractivity contribution is 7.91. The molecule has 0 atom stereocenters. The lowest BCUT2D eigenvalue weighted by molar-refractivity contribution is -0.111. The Balaban J connectivity index is 1.74. The van der Waals surface area contributed by atoms with Crippen LogP contribution < -0.4 is 5.32 Å². The van der Waals surface area contributed by atoms with Gasteiger partial charge in [-0.3, -0.25) is 9.78 Å².